The minimum Gasteiger partial charge on any atom is -0.481 e. The first-order valence-electron chi connectivity index (χ1n) is 4.41. The van der Waals surface area contributed by atoms with Crippen LogP contribution in [0.1, 0.15) is 26.7 Å². The van der Waals surface area contributed by atoms with E-state index in [4.69, 9.17) is 5.11 Å². The van der Waals surface area contributed by atoms with Gasteiger partial charge in [0, 0.05) is 17.7 Å². The van der Waals surface area contributed by atoms with E-state index in [0.29, 0.717) is 6.54 Å². The van der Waals surface area contributed by atoms with Gasteiger partial charge in [-0.2, -0.15) is 11.8 Å². The van der Waals surface area contributed by atoms with E-state index in [1.54, 1.807) is 11.8 Å². The lowest BCUT2D eigenvalue weighted by Crippen LogP contribution is -2.36. The number of rotatable bonds is 6. The molecule has 0 heterocycles. The standard InChI is InChI=1S/C9H17NO3S/c1-9(2,14-3)6-10-7(11)4-5-8(12)13/h4-6H2,1-3H3,(H,10,11)(H,12,13). The number of carboxylic acid groups (broad SMARTS) is 1. The van der Waals surface area contributed by atoms with Crippen molar-refractivity contribution in [3.63, 3.8) is 0 Å². The Morgan fingerprint density at radius 2 is 1.93 bits per heavy atom. The van der Waals surface area contributed by atoms with Crippen LogP contribution in [0.25, 0.3) is 0 Å². The van der Waals surface area contributed by atoms with Gasteiger partial charge in [-0.15, -0.1) is 0 Å². The summed E-state index contributed by atoms with van der Waals surface area (Å²) in [5.74, 6) is -1.14. The van der Waals surface area contributed by atoms with E-state index in [-0.39, 0.29) is 23.5 Å². The fourth-order valence-corrected chi connectivity index (χ4v) is 0.909. The summed E-state index contributed by atoms with van der Waals surface area (Å²) in [7, 11) is 0. The summed E-state index contributed by atoms with van der Waals surface area (Å²) in [6, 6.07) is 0. The molecule has 2 N–H and O–H groups in total. The van der Waals surface area contributed by atoms with Gasteiger partial charge in [-0.3, -0.25) is 9.59 Å². The van der Waals surface area contributed by atoms with Crippen LogP contribution in [0, 0.1) is 0 Å². The van der Waals surface area contributed by atoms with Crippen molar-refractivity contribution in [2.45, 2.75) is 31.4 Å². The topological polar surface area (TPSA) is 66.4 Å². The Morgan fingerprint density at radius 3 is 2.36 bits per heavy atom. The van der Waals surface area contributed by atoms with Crippen molar-refractivity contribution < 1.29 is 14.7 Å². The highest BCUT2D eigenvalue weighted by Crippen LogP contribution is 2.19. The highest BCUT2D eigenvalue weighted by atomic mass is 32.2. The van der Waals surface area contributed by atoms with Gasteiger partial charge in [0.15, 0.2) is 0 Å². The molecule has 0 spiro atoms. The Bertz CT molecular complexity index is 216. The molecule has 0 radical (unpaired) electrons. The van der Waals surface area contributed by atoms with Gasteiger partial charge in [0.2, 0.25) is 5.91 Å². The van der Waals surface area contributed by atoms with Crippen molar-refractivity contribution in [1.29, 1.82) is 0 Å². The average Bonchev–Trinajstić information content (AvgIpc) is 2.11. The van der Waals surface area contributed by atoms with E-state index >= 15 is 0 Å². The fourth-order valence-electron chi connectivity index (χ4n) is 0.692. The second kappa shape index (κ2) is 5.90. The minimum absolute atomic E-state index is 0.00111. The number of thioether (sulfide) groups is 1. The van der Waals surface area contributed by atoms with E-state index in [0.717, 1.165) is 0 Å². The van der Waals surface area contributed by atoms with Crippen LogP contribution in [0.5, 0.6) is 0 Å². The van der Waals surface area contributed by atoms with Crippen LogP contribution in [-0.4, -0.2) is 34.5 Å². The molecule has 5 heteroatoms. The Hall–Kier alpha value is -0.710. The predicted octanol–water partition coefficient (Wildman–Crippen LogP) is 1.11. The number of amides is 1. The Balaban J connectivity index is 3.69. The highest BCUT2D eigenvalue weighted by Gasteiger charge is 2.16. The lowest BCUT2D eigenvalue weighted by Gasteiger charge is -2.22. The van der Waals surface area contributed by atoms with Crippen LogP contribution in [0.15, 0.2) is 0 Å². The summed E-state index contributed by atoms with van der Waals surface area (Å²) in [6.45, 7) is 4.61. The zero-order valence-electron chi connectivity index (χ0n) is 8.79. The third kappa shape index (κ3) is 6.77. The molecule has 0 fully saturated rings. The summed E-state index contributed by atoms with van der Waals surface area (Å²) in [5.41, 5.74) is 0. The van der Waals surface area contributed by atoms with Crippen molar-refractivity contribution in [3.05, 3.63) is 0 Å². The molecule has 0 unspecified atom stereocenters. The first-order chi connectivity index (χ1) is 6.37. The average molecular weight is 219 g/mol. The van der Waals surface area contributed by atoms with Crippen LogP contribution in [-0.2, 0) is 9.59 Å². The molecule has 0 saturated carbocycles. The largest absolute Gasteiger partial charge is 0.481 e. The lowest BCUT2D eigenvalue weighted by molar-refractivity contribution is -0.138. The number of hydrogen-bond acceptors (Lipinski definition) is 3. The summed E-state index contributed by atoms with van der Waals surface area (Å²) in [4.78, 5) is 21.3. The maximum Gasteiger partial charge on any atom is 0.303 e. The number of hydrogen-bond donors (Lipinski definition) is 2. The molecule has 0 atom stereocenters. The zero-order chi connectivity index (χ0) is 11.2. The zero-order valence-corrected chi connectivity index (χ0v) is 9.61. The Morgan fingerprint density at radius 1 is 1.36 bits per heavy atom. The number of carbonyl (C=O) groups excluding carboxylic acids is 1. The van der Waals surface area contributed by atoms with E-state index in [2.05, 4.69) is 5.32 Å². The first-order valence-corrected chi connectivity index (χ1v) is 5.63. The summed E-state index contributed by atoms with van der Waals surface area (Å²) < 4.78 is -0.00111. The molecule has 0 aliphatic rings. The Labute approximate surface area is 88.4 Å². The third-order valence-electron chi connectivity index (χ3n) is 1.83. The maximum atomic E-state index is 11.1. The van der Waals surface area contributed by atoms with Crippen LogP contribution < -0.4 is 5.32 Å². The quantitative estimate of drug-likeness (QED) is 0.702. The number of aliphatic carboxylic acids is 1. The van der Waals surface area contributed by atoms with E-state index in [1.807, 2.05) is 20.1 Å². The molecule has 0 aliphatic carbocycles. The molecule has 0 aromatic carbocycles. The van der Waals surface area contributed by atoms with E-state index < -0.39 is 5.97 Å². The SMILES string of the molecule is CSC(C)(C)CNC(=O)CCC(=O)O. The number of nitrogens with one attached hydrogen (secondary N) is 1. The van der Waals surface area contributed by atoms with Gasteiger partial charge < -0.3 is 10.4 Å². The summed E-state index contributed by atoms with van der Waals surface area (Å²) >= 11 is 1.66. The molecule has 1 amide bonds. The van der Waals surface area contributed by atoms with E-state index in [1.165, 1.54) is 0 Å². The van der Waals surface area contributed by atoms with E-state index in [9.17, 15) is 9.59 Å². The molecule has 0 rings (SSSR count). The smallest absolute Gasteiger partial charge is 0.303 e. The molecule has 4 nitrogen and oxygen atoms in total. The fraction of sp³-hybridized carbons (Fsp3) is 0.778. The normalized spacial score (nSPS) is 11.1. The molecule has 0 saturated heterocycles. The van der Waals surface area contributed by atoms with Gasteiger partial charge in [0.25, 0.3) is 0 Å². The Kier molecular flexibility index (Phi) is 5.60. The lowest BCUT2D eigenvalue weighted by atomic mass is 10.2. The molecule has 0 bridgehead atoms. The molecule has 0 aliphatic heterocycles. The van der Waals surface area contributed by atoms with Crippen LogP contribution in [0.3, 0.4) is 0 Å². The van der Waals surface area contributed by atoms with Crippen LogP contribution in [0.4, 0.5) is 0 Å². The molecule has 14 heavy (non-hydrogen) atoms. The van der Waals surface area contributed by atoms with Crippen molar-refractivity contribution in [2.75, 3.05) is 12.8 Å². The second-order valence-electron chi connectivity index (χ2n) is 3.63. The highest BCUT2D eigenvalue weighted by molar-refractivity contribution is 7.99. The van der Waals surface area contributed by atoms with Gasteiger partial charge in [-0.1, -0.05) is 0 Å². The van der Waals surface area contributed by atoms with Gasteiger partial charge in [-0.25, -0.2) is 0 Å². The van der Waals surface area contributed by atoms with Gasteiger partial charge in [-0.05, 0) is 20.1 Å². The van der Waals surface area contributed by atoms with Crippen molar-refractivity contribution >= 4 is 23.6 Å². The maximum absolute atomic E-state index is 11.1. The molecule has 0 aromatic rings. The molecular formula is C9H17NO3S. The van der Waals surface area contributed by atoms with Gasteiger partial charge >= 0.3 is 5.97 Å². The van der Waals surface area contributed by atoms with Crippen molar-refractivity contribution in [2.24, 2.45) is 0 Å². The summed E-state index contributed by atoms with van der Waals surface area (Å²) in [5, 5.41) is 11.1. The first kappa shape index (κ1) is 13.3. The second-order valence-corrected chi connectivity index (χ2v) is 5.15. The monoisotopic (exact) mass is 219 g/mol. The molecule has 0 aromatic heterocycles. The number of carboxylic acids is 1. The molecule has 82 valence electrons. The van der Waals surface area contributed by atoms with Crippen LogP contribution in [0.2, 0.25) is 0 Å². The van der Waals surface area contributed by atoms with Crippen LogP contribution >= 0.6 is 11.8 Å². The minimum atomic E-state index is -0.940. The predicted molar refractivity (Wildman–Crippen MR) is 57.5 cm³/mol. The van der Waals surface area contributed by atoms with Gasteiger partial charge in [0.05, 0.1) is 6.42 Å². The third-order valence-corrected chi connectivity index (χ3v) is 3.08. The number of carbonyl (C=O) groups is 2. The van der Waals surface area contributed by atoms with Gasteiger partial charge in [0.1, 0.15) is 0 Å². The van der Waals surface area contributed by atoms with Crippen molar-refractivity contribution in [3.8, 4) is 0 Å². The van der Waals surface area contributed by atoms with Crippen molar-refractivity contribution in [1.82, 2.24) is 5.32 Å². The molecular weight excluding hydrogens is 202 g/mol. The summed E-state index contributed by atoms with van der Waals surface area (Å²) in [6.07, 6.45) is 1.93.